The van der Waals surface area contributed by atoms with E-state index < -0.39 is 0 Å². The summed E-state index contributed by atoms with van der Waals surface area (Å²) in [7, 11) is 1.53. The van der Waals surface area contributed by atoms with E-state index in [4.69, 9.17) is 0 Å². The van der Waals surface area contributed by atoms with Crippen LogP contribution in [0, 0.1) is 0 Å². The summed E-state index contributed by atoms with van der Waals surface area (Å²) in [6.45, 7) is 0. The second kappa shape index (κ2) is 5.75. The normalized spacial score (nSPS) is 10.9. The molecule has 0 saturated heterocycles. The van der Waals surface area contributed by atoms with Gasteiger partial charge in [-0.1, -0.05) is 24.3 Å². The molecule has 0 unspecified atom stereocenters. The minimum absolute atomic E-state index is 0.225. The van der Waals surface area contributed by atoms with Gasteiger partial charge < -0.3 is 10.3 Å². The number of benzene rings is 2. The third kappa shape index (κ3) is 2.59. The van der Waals surface area contributed by atoms with Crippen molar-refractivity contribution in [1.82, 2.24) is 25.5 Å². The molecule has 0 atom stereocenters. The molecule has 4 rings (SSSR count). The van der Waals surface area contributed by atoms with E-state index >= 15 is 0 Å². The molecule has 0 fully saturated rings. The minimum Gasteiger partial charge on any atom is -0.341 e. The van der Waals surface area contributed by atoms with Crippen LogP contribution in [0.2, 0.25) is 0 Å². The van der Waals surface area contributed by atoms with Crippen molar-refractivity contribution in [2.24, 2.45) is 0 Å². The maximum absolute atomic E-state index is 11.9. The van der Waals surface area contributed by atoms with Crippen molar-refractivity contribution >= 4 is 33.8 Å². The van der Waals surface area contributed by atoms with Gasteiger partial charge in [0.25, 0.3) is 5.56 Å². The number of urea groups is 1. The molecule has 4 N–H and O–H groups in total. The van der Waals surface area contributed by atoms with Gasteiger partial charge in [0.15, 0.2) is 0 Å². The first-order valence-electron chi connectivity index (χ1n) is 7.62. The molecule has 4 aromatic rings. The highest BCUT2D eigenvalue weighted by Crippen LogP contribution is 2.27. The predicted octanol–water partition coefficient (Wildman–Crippen LogP) is 2.22. The van der Waals surface area contributed by atoms with Crippen molar-refractivity contribution in [3.05, 3.63) is 52.8 Å². The van der Waals surface area contributed by atoms with Crippen molar-refractivity contribution in [3.63, 3.8) is 0 Å². The summed E-state index contributed by atoms with van der Waals surface area (Å²) >= 11 is 0. The third-order valence-corrected chi connectivity index (χ3v) is 3.91. The third-order valence-electron chi connectivity index (χ3n) is 3.91. The molecule has 0 bridgehead atoms. The first-order valence-corrected chi connectivity index (χ1v) is 7.62. The fourth-order valence-electron chi connectivity index (χ4n) is 2.72. The van der Waals surface area contributed by atoms with Gasteiger partial charge in [-0.2, -0.15) is 5.10 Å². The minimum atomic E-state index is -0.354. The molecule has 0 aliphatic heterocycles. The van der Waals surface area contributed by atoms with Crippen LogP contribution < -0.4 is 16.2 Å². The fourth-order valence-corrected chi connectivity index (χ4v) is 2.72. The van der Waals surface area contributed by atoms with Crippen molar-refractivity contribution in [2.75, 3.05) is 12.4 Å². The number of carbonyl (C=O) groups excluding carboxylic acids is 1. The Balaban J connectivity index is 1.84. The van der Waals surface area contributed by atoms with E-state index in [1.807, 2.05) is 36.4 Å². The quantitative estimate of drug-likeness (QED) is 0.450. The van der Waals surface area contributed by atoms with E-state index in [-0.39, 0.29) is 11.6 Å². The maximum Gasteiger partial charge on any atom is 0.321 e. The Bertz CT molecular complexity index is 1160. The van der Waals surface area contributed by atoms with Gasteiger partial charge in [0, 0.05) is 18.0 Å². The van der Waals surface area contributed by atoms with Gasteiger partial charge in [-0.3, -0.25) is 10.1 Å². The van der Waals surface area contributed by atoms with Crippen LogP contribution in [0.1, 0.15) is 0 Å². The lowest BCUT2D eigenvalue weighted by Crippen LogP contribution is -2.24. The number of aromatic amines is 2. The highest BCUT2D eigenvalue weighted by Gasteiger charge is 2.11. The van der Waals surface area contributed by atoms with Crippen molar-refractivity contribution in [3.8, 4) is 11.3 Å². The Hall–Kier alpha value is -3.68. The van der Waals surface area contributed by atoms with Gasteiger partial charge in [-0.25, -0.2) is 14.9 Å². The standard InChI is InChI=1S/C17H14N6O2/c1-18-17(25)21-16-19-12-7-6-9(8-13(12)20-16)14-10-4-2-3-5-11(10)15(24)23-22-14/h2-8H,1H3,(H,23,24)(H3,18,19,20,21,25). The van der Waals surface area contributed by atoms with Crippen LogP contribution in [-0.2, 0) is 0 Å². The number of hydrogen-bond donors (Lipinski definition) is 4. The molecule has 8 heteroatoms. The number of anilines is 1. The molecular weight excluding hydrogens is 320 g/mol. The molecule has 2 heterocycles. The Morgan fingerprint density at radius 2 is 1.92 bits per heavy atom. The van der Waals surface area contributed by atoms with Crippen LogP contribution in [0.3, 0.4) is 0 Å². The smallest absolute Gasteiger partial charge is 0.321 e. The van der Waals surface area contributed by atoms with E-state index in [9.17, 15) is 9.59 Å². The zero-order valence-electron chi connectivity index (χ0n) is 13.3. The summed E-state index contributed by atoms with van der Waals surface area (Å²) in [6.07, 6.45) is 0. The molecular formula is C17H14N6O2. The lowest BCUT2D eigenvalue weighted by atomic mass is 10.0. The Kier molecular flexibility index (Phi) is 3.42. The Morgan fingerprint density at radius 3 is 2.72 bits per heavy atom. The molecule has 2 aromatic heterocycles. The lowest BCUT2D eigenvalue weighted by molar-refractivity contribution is 0.254. The average molecular weight is 334 g/mol. The van der Waals surface area contributed by atoms with Gasteiger partial charge in [-0.05, 0) is 18.2 Å². The van der Waals surface area contributed by atoms with E-state index in [0.717, 1.165) is 16.5 Å². The SMILES string of the molecule is CNC(=O)Nc1nc2cc(-c3n[nH]c(=O)c4ccccc34)ccc2[nH]1. The van der Waals surface area contributed by atoms with Gasteiger partial charge in [0.1, 0.15) is 0 Å². The number of fused-ring (bicyclic) bond motifs is 2. The topological polar surface area (TPSA) is 116 Å². The molecule has 124 valence electrons. The molecule has 0 spiro atoms. The summed E-state index contributed by atoms with van der Waals surface area (Å²) in [6, 6.07) is 12.5. The second-order valence-electron chi connectivity index (χ2n) is 5.47. The van der Waals surface area contributed by atoms with Gasteiger partial charge in [0.05, 0.1) is 22.1 Å². The Morgan fingerprint density at radius 1 is 1.12 bits per heavy atom. The van der Waals surface area contributed by atoms with Crippen LogP contribution in [0.5, 0.6) is 0 Å². The largest absolute Gasteiger partial charge is 0.341 e. The summed E-state index contributed by atoms with van der Waals surface area (Å²) in [4.78, 5) is 30.7. The van der Waals surface area contributed by atoms with Crippen LogP contribution in [0.4, 0.5) is 10.7 Å². The van der Waals surface area contributed by atoms with Crippen LogP contribution >= 0.6 is 0 Å². The number of nitrogens with one attached hydrogen (secondary N) is 4. The van der Waals surface area contributed by atoms with Crippen molar-refractivity contribution in [1.29, 1.82) is 0 Å². The summed E-state index contributed by atoms with van der Waals surface area (Å²) < 4.78 is 0. The number of hydrogen-bond acceptors (Lipinski definition) is 4. The zero-order valence-corrected chi connectivity index (χ0v) is 13.3. The number of rotatable bonds is 2. The van der Waals surface area contributed by atoms with Crippen molar-refractivity contribution in [2.45, 2.75) is 0 Å². The summed E-state index contributed by atoms with van der Waals surface area (Å²) in [5.74, 6) is 0.353. The van der Waals surface area contributed by atoms with E-state index in [0.29, 0.717) is 22.5 Å². The fraction of sp³-hybridized carbons (Fsp3) is 0.0588. The van der Waals surface area contributed by atoms with Gasteiger partial charge in [0.2, 0.25) is 5.95 Å². The van der Waals surface area contributed by atoms with Gasteiger partial charge in [-0.15, -0.1) is 0 Å². The number of carbonyl (C=O) groups is 1. The molecule has 0 aliphatic carbocycles. The summed E-state index contributed by atoms with van der Waals surface area (Å²) in [5.41, 5.74) is 2.72. The first-order chi connectivity index (χ1) is 12.2. The number of H-pyrrole nitrogens is 2. The number of aromatic nitrogens is 4. The number of nitrogens with zero attached hydrogens (tertiary/aromatic N) is 2. The number of amides is 2. The van der Waals surface area contributed by atoms with Crippen LogP contribution in [-0.4, -0.2) is 33.2 Å². The molecule has 0 aliphatic rings. The molecule has 2 aromatic carbocycles. The molecule has 2 amide bonds. The molecule has 0 saturated carbocycles. The molecule has 0 radical (unpaired) electrons. The molecule has 8 nitrogen and oxygen atoms in total. The zero-order chi connectivity index (χ0) is 17.4. The van der Waals surface area contributed by atoms with Crippen LogP contribution in [0.15, 0.2) is 47.3 Å². The van der Waals surface area contributed by atoms with E-state index in [1.54, 1.807) is 6.07 Å². The molecule has 25 heavy (non-hydrogen) atoms. The Labute approximate surface area is 141 Å². The van der Waals surface area contributed by atoms with Crippen LogP contribution in [0.25, 0.3) is 33.1 Å². The van der Waals surface area contributed by atoms with Gasteiger partial charge >= 0.3 is 6.03 Å². The highest BCUT2D eigenvalue weighted by atomic mass is 16.2. The predicted molar refractivity (Wildman–Crippen MR) is 95.5 cm³/mol. The van der Waals surface area contributed by atoms with Crippen molar-refractivity contribution < 1.29 is 4.79 Å². The van der Waals surface area contributed by atoms with E-state index in [2.05, 4.69) is 30.8 Å². The van der Waals surface area contributed by atoms with E-state index in [1.165, 1.54) is 7.05 Å². The highest BCUT2D eigenvalue weighted by molar-refractivity contribution is 5.96. The second-order valence-corrected chi connectivity index (χ2v) is 5.47. The monoisotopic (exact) mass is 334 g/mol. The summed E-state index contributed by atoms with van der Waals surface area (Å²) in [5, 5.41) is 13.1. The lowest BCUT2D eigenvalue weighted by Gasteiger charge is -2.04. The maximum atomic E-state index is 11.9. The first kappa shape index (κ1) is 14.9. The number of imidazole rings is 1. The average Bonchev–Trinajstić information content (AvgIpc) is 3.03.